The third kappa shape index (κ3) is 3.15. The number of rotatable bonds is 4. The van der Waals surface area contributed by atoms with Gasteiger partial charge in [-0.1, -0.05) is 54.1 Å². The summed E-state index contributed by atoms with van der Waals surface area (Å²) in [6.07, 6.45) is 1.60. The molecule has 0 atom stereocenters. The fraction of sp³-hybridized carbons (Fsp3) is 0.0455. The number of aromatic nitrogens is 2. The molecule has 0 bridgehead atoms. The zero-order valence-corrected chi connectivity index (χ0v) is 15.3. The average Bonchev–Trinajstić information content (AvgIpc) is 3.13. The first kappa shape index (κ1) is 17.2. The molecule has 1 aromatic heterocycles. The van der Waals surface area contributed by atoms with Gasteiger partial charge in [-0.15, -0.1) is 0 Å². The molecule has 0 aliphatic rings. The van der Waals surface area contributed by atoms with Gasteiger partial charge in [0, 0.05) is 23.7 Å². The van der Waals surface area contributed by atoms with Crippen LogP contribution in [0, 0.1) is 0 Å². The molecule has 0 saturated carbocycles. The molecule has 0 radical (unpaired) electrons. The number of hydrogen-bond donors (Lipinski definition) is 0. The number of hydrogen-bond acceptors (Lipinski definition) is 3. The zero-order chi connectivity index (χ0) is 19.0. The molecule has 4 nitrogen and oxygen atoms in total. The van der Waals surface area contributed by atoms with Crippen LogP contribution in [0.15, 0.2) is 72.9 Å². The SMILES string of the molecule is CC(=O)c1nn(-c2ccc(Cl)cc2)cc1C(=O)c1cccc2ccccc12. The van der Waals surface area contributed by atoms with E-state index in [0.717, 1.165) is 16.5 Å². The highest BCUT2D eigenvalue weighted by molar-refractivity contribution is 6.30. The topological polar surface area (TPSA) is 52.0 Å². The van der Waals surface area contributed by atoms with Gasteiger partial charge in [0.05, 0.1) is 11.3 Å². The Morgan fingerprint density at radius 2 is 1.59 bits per heavy atom. The van der Waals surface area contributed by atoms with Crippen LogP contribution in [0.4, 0.5) is 0 Å². The van der Waals surface area contributed by atoms with E-state index in [9.17, 15) is 9.59 Å². The highest BCUT2D eigenvalue weighted by Gasteiger charge is 2.22. The van der Waals surface area contributed by atoms with Crippen LogP contribution in [0.3, 0.4) is 0 Å². The molecule has 1 heterocycles. The van der Waals surface area contributed by atoms with Crippen molar-refractivity contribution in [1.29, 1.82) is 0 Å². The lowest BCUT2D eigenvalue weighted by atomic mass is 9.97. The van der Waals surface area contributed by atoms with E-state index in [0.29, 0.717) is 10.6 Å². The maximum absolute atomic E-state index is 13.3. The Labute approximate surface area is 161 Å². The van der Waals surface area contributed by atoms with E-state index >= 15 is 0 Å². The summed E-state index contributed by atoms with van der Waals surface area (Å²) in [7, 11) is 0. The van der Waals surface area contributed by atoms with E-state index in [4.69, 9.17) is 11.6 Å². The molecule has 0 amide bonds. The summed E-state index contributed by atoms with van der Waals surface area (Å²) >= 11 is 5.93. The summed E-state index contributed by atoms with van der Waals surface area (Å²) in [5.41, 5.74) is 1.71. The van der Waals surface area contributed by atoms with Crippen molar-refractivity contribution in [2.75, 3.05) is 0 Å². The lowest BCUT2D eigenvalue weighted by Gasteiger charge is -2.05. The van der Waals surface area contributed by atoms with Gasteiger partial charge >= 0.3 is 0 Å². The number of nitrogens with zero attached hydrogens (tertiary/aromatic N) is 2. The predicted octanol–water partition coefficient (Wildman–Crippen LogP) is 5.11. The van der Waals surface area contributed by atoms with Crippen LogP contribution in [0.25, 0.3) is 16.5 Å². The van der Waals surface area contributed by atoms with E-state index in [-0.39, 0.29) is 22.8 Å². The van der Waals surface area contributed by atoms with Crippen molar-refractivity contribution in [3.8, 4) is 5.69 Å². The Morgan fingerprint density at radius 1 is 0.889 bits per heavy atom. The van der Waals surface area contributed by atoms with Gasteiger partial charge in [-0.3, -0.25) is 9.59 Å². The quantitative estimate of drug-likeness (QED) is 0.466. The first-order chi connectivity index (χ1) is 13.0. The molecule has 0 N–H and O–H groups in total. The van der Waals surface area contributed by atoms with Crippen molar-refractivity contribution in [1.82, 2.24) is 9.78 Å². The standard InChI is InChI=1S/C22H15ClN2O2/c1-14(26)21-20(13-25(24-21)17-11-9-16(23)10-12-17)22(27)19-8-4-6-15-5-2-3-7-18(15)19/h2-13H,1H3. The Kier molecular flexibility index (Phi) is 4.34. The van der Waals surface area contributed by atoms with Crippen LogP contribution in [-0.2, 0) is 0 Å². The summed E-state index contributed by atoms with van der Waals surface area (Å²) in [6.45, 7) is 1.41. The monoisotopic (exact) mass is 374 g/mol. The molecule has 3 aromatic carbocycles. The molecule has 0 aliphatic heterocycles. The third-order valence-electron chi connectivity index (χ3n) is 4.42. The fourth-order valence-electron chi connectivity index (χ4n) is 3.09. The van der Waals surface area contributed by atoms with E-state index < -0.39 is 0 Å². The summed E-state index contributed by atoms with van der Waals surface area (Å²) in [5.74, 6) is -0.483. The third-order valence-corrected chi connectivity index (χ3v) is 4.67. The smallest absolute Gasteiger partial charge is 0.197 e. The average molecular weight is 375 g/mol. The molecule has 27 heavy (non-hydrogen) atoms. The minimum absolute atomic E-state index is 0.155. The van der Waals surface area contributed by atoms with Crippen LogP contribution in [0.5, 0.6) is 0 Å². The molecule has 4 rings (SSSR count). The number of carbonyl (C=O) groups is 2. The van der Waals surface area contributed by atoms with Gasteiger partial charge in [0.15, 0.2) is 11.6 Å². The maximum Gasteiger partial charge on any atom is 0.197 e. The van der Waals surface area contributed by atoms with E-state index in [1.54, 1.807) is 36.5 Å². The van der Waals surface area contributed by atoms with Crippen molar-refractivity contribution in [3.05, 3.63) is 94.8 Å². The molecule has 0 aliphatic carbocycles. The molecule has 5 heteroatoms. The highest BCUT2D eigenvalue weighted by atomic mass is 35.5. The number of ketones is 2. The van der Waals surface area contributed by atoms with E-state index in [1.807, 2.05) is 36.4 Å². The first-order valence-electron chi connectivity index (χ1n) is 8.43. The summed E-state index contributed by atoms with van der Waals surface area (Å²) < 4.78 is 1.53. The predicted molar refractivity (Wildman–Crippen MR) is 106 cm³/mol. The molecular formula is C22H15ClN2O2. The first-order valence-corrected chi connectivity index (χ1v) is 8.81. The van der Waals surface area contributed by atoms with Crippen molar-refractivity contribution in [2.45, 2.75) is 6.92 Å². The summed E-state index contributed by atoms with van der Waals surface area (Å²) in [6, 6.07) is 20.3. The van der Waals surface area contributed by atoms with Crippen LogP contribution >= 0.6 is 11.6 Å². The van der Waals surface area contributed by atoms with Gasteiger partial charge in [0.2, 0.25) is 0 Å². The maximum atomic E-state index is 13.3. The molecule has 0 unspecified atom stereocenters. The van der Waals surface area contributed by atoms with Crippen LogP contribution in [0.2, 0.25) is 5.02 Å². The van der Waals surface area contributed by atoms with Crippen LogP contribution in [-0.4, -0.2) is 21.3 Å². The van der Waals surface area contributed by atoms with Crippen molar-refractivity contribution >= 4 is 33.9 Å². The molecule has 0 saturated heterocycles. The second kappa shape index (κ2) is 6.82. The van der Waals surface area contributed by atoms with Crippen LogP contribution in [0.1, 0.15) is 33.3 Å². The Hall–Kier alpha value is -3.24. The summed E-state index contributed by atoms with van der Waals surface area (Å²) in [5, 5.41) is 6.76. The van der Waals surface area contributed by atoms with Crippen LogP contribution < -0.4 is 0 Å². The van der Waals surface area contributed by atoms with Gasteiger partial charge in [-0.25, -0.2) is 4.68 Å². The molecule has 0 fully saturated rings. The normalized spacial score (nSPS) is 10.9. The van der Waals surface area contributed by atoms with Gasteiger partial charge < -0.3 is 0 Å². The fourth-order valence-corrected chi connectivity index (χ4v) is 3.22. The lowest BCUT2D eigenvalue weighted by molar-refractivity contribution is 0.0987. The molecule has 0 spiro atoms. The van der Waals surface area contributed by atoms with E-state index in [1.165, 1.54) is 11.6 Å². The summed E-state index contributed by atoms with van der Waals surface area (Å²) in [4.78, 5) is 25.4. The van der Waals surface area contributed by atoms with Gasteiger partial charge in [0.1, 0.15) is 5.69 Å². The number of benzene rings is 3. The van der Waals surface area contributed by atoms with Crippen molar-refractivity contribution in [2.24, 2.45) is 0 Å². The second-order valence-corrected chi connectivity index (χ2v) is 6.66. The molecule has 4 aromatic rings. The highest BCUT2D eigenvalue weighted by Crippen LogP contribution is 2.24. The Morgan fingerprint density at radius 3 is 2.33 bits per heavy atom. The number of halogens is 1. The molecule has 132 valence electrons. The Bertz CT molecular complexity index is 1170. The van der Waals surface area contributed by atoms with Crippen molar-refractivity contribution in [3.63, 3.8) is 0 Å². The zero-order valence-electron chi connectivity index (χ0n) is 14.5. The second-order valence-electron chi connectivity index (χ2n) is 6.22. The van der Waals surface area contributed by atoms with Gasteiger partial charge in [-0.2, -0.15) is 5.10 Å². The van der Waals surface area contributed by atoms with Gasteiger partial charge in [0.25, 0.3) is 0 Å². The minimum Gasteiger partial charge on any atom is -0.293 e. The number of Topliss-reactive ketones (excluding diaryl/α,β-unsaturated/α-hetero) is 1. The minimum atomic E-state index is -0.258. The van der Waals surface area contributed by atoms with Crippen molar-refractivity contribution < 1.29 is 9.59 Å². The Balaban J connectivity index is 1.86. The molecular weight excluding hydrogens is 360 g/mol. The number of carbonyl (C=O) groups excluding carboxylic acids is 2. The largest absolute Gasteiger partial charge is 0.293 e. The lowest BCUT2D eigenvalue weighted by Crippen LogP contribution is -2.07. The van der Waals surface area contributed by atoms with E-state index in [2.05, 4.69) is 5.10 Å². The number of fused-ring (bicyclic) bond motifs is 1. The van der Waals surface area contributed by atoms with Gasteiger partial charge in [-0.05, 0) is 35.0 Å².